The molecule has 228 valence electrons. The highest BCUT2D eigenvalue weighted by Crippen LogP contribution is 2.40. The number of amides is 2. The van der Waals surface area contributed by atoms with E-state index in [2.05, 4.69) is 15.2 Å². The second-order valence-corrected chi connectivity index (χ2v) is 12.2. The SMILES string of the molecule is CN[C@@H]1CCN(C(=O)N2CCN(Cc3ccc(-c4cccc(F)c4)[nH]c3=O)C3(CCCC3)C2)[C@H](c2cc(F)ccc2F)C1. The number of rotatable bonds is 5. The van der Waals surface area contributed by atoms with E-state index in [0.29, 0.717) is 56.0 Å². The minimum Gasteiger partial charge on any atom is -0.322 e. The third-order valence-corrected chi connectivity index (χ3v) is 9.66. The highest BCUT2D eigenvalue weighted by molar-refractivity contribution is 5.75. The minimum absolute atomic E-state index is 0.0973. The van der Waals surface area contributed by atoms with Gasteiger partial charge in [-0.25, -0.2) is 18.0 Å². The maximum absolute atomic E-state index is 14.9. The molecule has 3 aliphatic rings. The molecule has 1 saturated carbocycles. The summed E-state index contributed by atoms with van der Waals surface area (Å²) in [6.07, 6.45) is 5.15. The molecule has 3 heterocycles. The number of nitrogens with zero attached hydrogens (tertiary/aromatic N) is 3. The minimum atomic E-state index is -0.567. The molecule has 43 heavy (non-hydrogen) atoms. The largest absolute Gasteiger partial charge is 0.322 e. The molecule has 7 nitrogen and oxygen atoms in total. The Hall–Kier alpha value is -3.63. The van der Waals surface area contributed by atoms with Crippen molar-refractivity contribution in [1.29, 1.82) is 0 Å². The third-order valence-electron chi connectivity index (χ3n) is 9.66. The molecule has 2 saturated heterocycles. The molecule has 2 N–H and O–H groups in total. The van der Waals surface area contributed by atoms with Gasteiger partial charge in [-0.05, 0) is 69.1 Å². The maximum Gasteiger partial charge on any atom is 0.320 e. The van der Waals surface area contributed by atoms with Crippen LogP contribution in [0.25, 0.3) is 11.3 Å². The molecule has 2 aromatic carbocycles. The second-order valence-electron chi connectivity index (χ2n) is 12.2. The lowest BCUT2D eigenvalue weighted by atomic mass is 9.90. The Labute approximate surface area is 249 Å². The number of benzene rings is 2. The number of carbonyl (C=O) groups is 1. The monoisotopic (exact) mass is 593 g/mol. The van der Waals surface area contributed by atoms with Crippen LogP contribution < -0.4 is 10.9 Å². The first-order valence-corrected chi connectivity index (χ1v) is 15.2. The van der Waals surface area contributed by atoms with E-state index in [1.54, 1.807) is 17.0 Å². The summed E-state index contributed by atoms with van der Waals surface area (Å²) in [5, 5.41) is 3.25. The Morgan fingerprint density at radius 2 is 1.79 bits per heavy atom. The standard InChI is InChI=1S/C33H38F3N5O2/c1-37-26-11-14-41(30(19-26)27-18-25(35)8-9-28(27)36)32(43)39-15-16-40(33(21-39)12-2-3-13-33)20-23-7-10-29(38-31(23)42)22-5-4-6-24(34)17-22/h4-10,17-18,26,30,37H,2-3,11-16,19-21H2,1H3,(H,38,42)/t26-,30+/m1/s1. The van der Waals surface area contributed by atoms with Gasteiger partial charge in [0.1, 0.15) is 17.5 Å². The number of hydrogen-bond donors (Lipinski definition) is 2. The first kappa shape index (κ1) is 29.4. The van der Waals surface area contributed by atoms with Crippen LogP contribution in [0.4, 0.5) is 18.0 Å². The van der Waals surface area contributed by atoms with E-state index in [-0.39, 0.29) is 34.6 Å². The number of halogens is 3. The van der Waals surface area contributed by atoms with Gasteiger partial charge < -0.3 is 20.1 Å². The average Bonchev–Trinajstić information content (AvgIpc) is 3.48. The number of carbonyl (C=O) groups excluding carboxylic acids is 1. The second kappa shape index (κ2) is 12.2. The third kappa shape index (κ3) is 5.95. The fourth-order valence-electron chi connectivity index (χ4n) is 7.29. The van der Waals surface area contributed by atoms with Gasteiger partial charge in [-0.2, -0.15) is 0 Å². The van der Waals surface area contributed by atoms with E-state index in [0.717, 1.165) is 44.2 Å². The van der Waals surface area contributed by atoms with Gasteiger partial charge in [0.2, 0.25) is 0 Å². The number of piperazine rings is 1. The molecule has 1 aromatic heterocycles. The number of nitrogens with one attached hydrogen (secondary N) is 2. The molecule has 0 bridgehead atoms. The normalized spacial score (nSPS) is 22.3. The van der Waals surface area contributed by atoms with E-state index in [9.17, 15) is 22.8 Å². The van der Waals surface area contributed by atoms with Crippen LogP contribution in [0.5, 0.6) is 0 Å². The summed E-state index contributed by atoms with van der Waals surface area (Å²) in [4.78, 5) is 36.1. The zero-order valence-corrected chi connectivity index (χ0v) is 24.4. The van der Waals surface area contributed by atoms with E-state index in [1.807, 2.05) is 24.1 Å². The number of hydrogen-bond acceptors (Lipinski definition) is 4. The molecule has 2 aliphatic heterocycles. The smallest absolute Gasteiger partial charge is 0.320 e. The number of likely N-dealkylation sites (tertiary alicyclic amines) is 1. The molecule has 2 atom stereocenters. The lowest BCUT2D eigenvalue weighted by Crippen LogP contribution is -2.64. The van der Waals surface area contributed by atoms with Gasteiger partial charge in [-0.3, -0.25) is 9.69 Å². The van der Waals surface area contributed by atoms with Gasteiger partial charge in [0.25, 0.3) is 5.56 Å². The molecule has 1 aliphatic carbocycles. The number of aromatic nitrogens is 1. The number of urea groups is 1. The molecule has 10 heteroatoms. The van der Waals surface area contributed by atoms with Crippen molar-refractivity contribution < 1.29 is 18.0 Å². The summed E-state index contributed by atoms with van der Waals surface area (Å²) in [6.45, 7) is 2.50. The van der Waals surface area contributed by atoms with Crippen molar-refractivity contribution in [3.63, 3.8) is 0 Å². The van der Waals surface area contributed by atoms with Crippen LogP contribution in [0.3, 0.4) is 0 Å². The van der Waals surface area contributed by atoms with Crippen LogP contribution in [0.15, 0.2) is 59.4 Å². The lowest BCUT2D eigenvalue weighted by Gasteiger charge is -2.51. The first-order chi connectivity index (χ1) is 20.8. The molecule has 0 unspecified atom stereocenters. The zero-order chi connectivity index (χ0) is 30.1. The van der Waals surface area contributed by atoms with E-state index >= 15 is 0 Å². The van der Waals surface area contributed by atoms with Gasteiger partial charge >= 0.3 is 6.03 Å². The van der Waals surface area contributed by atoms with Gasteiger partial charge in [-0.1, -0.05) is 31.0 Å². The Kier molecular flexibility index (Phi) is 8.33. The van der Waals surface area contributed by atoms with Crippen LogP contribution in [0.1, 0.15) is 55.7 Å². The molecule has 6 rings (SSSR count). The summed E-state index contributed by atoms with van der Waals surface area (Å²) in [5.41, 5.74) is 1.54. The number of H-pyrrole nitrogens is 1. The lowest BCUT2D eigenvalue weighted by molar-refractivity contribution is -0.00239. The Bertz CT molecular complexity index is 1540. The van der Waals surface area contributed by atoms with Gasteiger partial charge in [0.15, 0.2) is 0 Å². The van der Waals surface area contributed by atoms with Gasteiger partial charge in [0, 0.05) is 66.7 Å². The summed E-state index contributed by atoms with van der Waals surface area (Å²) in [5.74, 6) is -1.39. The van der Waals surface area contributed by atoms with Crippen molar-refractivity contribution in [2.75, 3.05) is 33.2 Å². The molecule has 0 radical (unpaired) electrons. The van der Waals surface area contributed by atoms with Crippen LogP contribution in [-0.2, 0) is 6.54 Å². The quantitative estimate of drug-likeness (QED) is 0.414. The molecule has 3 fully saturated rings. The highest BCUT2D eigenvalue weighted by atomic mass is 19.1. The summed E-state index contributed by atoms with van der Waals surface area (Å²) in [7, 11) is 1.85. The Morgan fingerprint density at radius 3 is 2.53 bits per heavy atom. The van der Waals surface area contributed by atoms with Gasteiger partial charge in [0.05, 0.1) is 6.04 Å². The topological polar surface area (TPSA) is 71.7 Å². The Morgan fingerprint density at radius 1 is 1.00 bits per heavy atom. The average molecular weight is 594 g/mol. The van der Waals surface area contributed by atoms with Crippen LogP contribution >= 0.6 is 0 Å². The fourth-order valence-corrected chi connectivity index (χ4v) is 7.29. The number of aromatic amines is 1. The Balaban J connectivity index is 1.21. The summed E-state index contributed by atoms with van der Waals surface area (Å²) >= 11 is 0. The molecular weight excluding hydrogens is 555 g/mol. The van der Waals surface area contributed by atoms with Crippen LogP contribution in [0.2, 0.25) is 0 Å². The summed E-state index contributed by atoms with van der Waals surface area (Å²) in [6, 6.07) is 12.6. The van der Waals surface area contributed by atoms with Crippen molar-refractivity contribution in [1.82, 2.24) is 25.0 Å². The summed E-state index contributed by atoms with van der Waals surface area (Å²) < 4.78 is 42.9. The van der Waals surface area contributed by atoms with E-state index in [4.69, 9.17) is 0 Å². The van der Waals surface area contributed by atoms with E-state index in [1.165, 1.54) is 18.2 Å². The number of piperidine rings is 1. The first-order valence-electron chi connectivity index (χ1n) is 15.2. The van der Waals surface area contributed by atoms with Crippen molar-refractivity contribution in [2.24, 2.45) is 0 Å². The van der Waals surface area contributed by atoms with Crippen molar-refractivity contribution >= 4 is 6.03 Å². The fraction of sp³-hybridized carbons (Fsp3) is 0.455. The van der Waals surface area contributed by atoms with Crippen LogP contribution in [0, 0.1) is 17.5 Å². The molecule has 3 aromatic rings. The predicted octanol–water partition coefficient (Wildman–Crippen LogP) is 5.43. The maximum atomic E-state index is 14.9. The van der Waals surface area contributed by atoms with E-state index < -0.39 is 17.7 Å². The van der Waals surface area contributed by atoms with Gasteiger partial charge in [-0.15, -0.1) is 0 Å². The van der Waals surface area contributed by atoms with Crippen LogP contribution in [-0.4, -0.2) is 70.5 Å². The van der Waals surface area contributed by atoms with Crippen molar-refractivity contribution in [2.45, 2.75) is 62.7 Å². The highest BCUT2D eigenvalue weighted by Gasteiger charge is 2.46. The molecule has 2 amide bonds. The number of pyridine rings is 1. The predicted molar refractivity (Wildman–Crippen MR) is 159 cm³/mol. The van der Waals surface area contributed by atoms with Crippen molar-refractivity contribution in [3.8, 4) is 11.3 Å². The molecular formula is C33H38F3N5O2. The van der Waals surface area contributed by atoms with Crippen molar-refractivity contribution in [3.05, 3.63) is 93.5 Å². The zero-order valence-electron chi connectivity index (χ0n) is 24.4. The molecule has 1 spiro atoms.